The standard InChI is InChI=1S/C20H16F4N2O4/c1-19(13-3-2-4-14(7-13)20(22,23)24)17(27)26(18(28)25-19)8-11-5-15(21)6-12-9-29-10-30-16(11)12/h2-7H,8-10H2,1H3,(H,25,28). The van der Waals surface area contributed by atoms with Crippen molar-refractivity contribution in [2.45, 2.75) is 31.8 Å². The lowest BCUT2D eigenvalue weighted by Gasteiger charge is -2.24. The summed E-state index contributed by atoms with van der Waals surface area (Å²) in [5.74, 6) is -1.03. The molecule has 0 bridgehead atoms. The number of hydrogen-bond acceptors (Lipinski definition) is 4. The molecule has 10 heteroatoms. The minimum atomic E-state index is -4.60. The van der Waals surface area contributed by atoms with E-state index in [9.17, 15) is 27.2 Å². The second-order valence-electron chi connectivity index (χ2n) is 7.19. The molecule has 158 valence electrons. The van der Waals surface area contributed by atoms with Crippen LogP contribution in [0.3, 0.4) is 0 Å². The average Bonchev–Trinajstić information content (AvgIpc) is 2.91. The van der Waals surface area contributed by atoms with E-state index in [1.54, 1.807) is 0 Å². The second-order valence-corrected chi connectivity index (χ2v) is 7.19. The zero-order chi connectivity index (χ0) is 21.7. The minimum absolute atomic E-state index is 0.0101. The number of alkyl halides is 3. The van der Waals surface area contributed by atoms with Crippen LogP contribution in [0.2, 0.25) is 0 Å². The third kappa shape index (κ3) is 3.36. The summed E-state index contributed by atoms with van der Waals surface area (Å²) in [6.07, 6.45) is -4.60. The van der Waals surface area contributed by atoms with E-state index in [2.05, 4.69) is 5.32 Å². The lowest BCUT2D eigenvalue weighted by Crippen LogP contribution is -2.41. The Morgan fingerprint density at radius 3 is 2.70 bits per heavy atom. The highest BCUT2D eigenvalue weighted by Gasteiger charge is 2.49. The monoisotopic (exact) mass is 424 g/mol. The molecule has 0 spiro atoms. The summed E-state index contributed by atoms with van der Waals surface area (Å²) >= 11 is 0. The number of fused-ring (bicyclic) bond motifs is 1. The Morgan fingerprint density at radius 2 is 1.97 bits per heavy atom. The number of carbonyl (C=O) groups is 2. The number of halogens is 4. The molecular weight excluding hydrogens is 408 g/mol. The van der Waals surface area contributed by atoms with E-state index in [1.807, 2.05) is 0 Å². The molecule has 1 saturated heterocycles. The van der Waals surface area contributed by atoms with E-state index in [1.165, 1.54) is 25.1 Å². The van der Waals surface area contributed by atoms with E-state index in [-0.39, 0.29) is 31.1 Å². The van der Waals surface area contributed by atoms with Gasteiger partial charge in [0.1, 0.15) is 17.1 Å². The van der Waals surface area contributed by atoms with Gasteiger partial charge in [-0.1, -0.05) is 12.1 Å². The Morgan fingerprint density at radius 1 is 1.20 bits per heavy atom. The largest absolute Gasteiger partial charge is 0.467 e. The maximum Gasteiger partial charge on any atom is 0.416 e. The van der Waals surface area contributed by atoms with Crippen molar-refractivity contribution in [2.75, 3.05) is 6.79 Å². The molecule has 0 aromatic heterocycles. The number of carbonyl (C=O) groups excluding carboxylic acids is 2. The van der Waals surface area contributed by atoms with Crippen LogP contribution >= 0.6 is 0 Å². The smallest absolute Gasteiger partial charge is 0.416 e. The van der Waals surface area contributed by atoms with Crippen molar-refractivity contribution in [1.29, 1.82) is 0 Å². The lowest BCUT2D eigenvalue weighted by molar-refractivity contribution is -0.138. The summed E-state index contributed by atoms with van der Waals surface area (Å²) in [6, 6.07) is 5.78. The molecular formula is C20H16F4N2O4. The molecule has 2 aromatic rings. The molecule has 0 aliphatic carbocycles. The highest BCUT2D eigenvalue weighted by molar-refractivity contribution is 6.07. The normalized spacial score (nSPS) is 21.3. The fraction of sp³-hybridized carbons (Fsp3) is 0.300. The van der Waals surface area contributed by atoms with Crippen molar-refractivity contribution < 1.29 is 36.6 Å². The third-order valence-electron chi connectivity index (χ3n) is 5.12. The van der Waals surface area contributed by atoms with Crippen molar-refractivity contribution in [3.63, 3.8) is 0 Å². The van der Waals surface area contributed by atoms with Gasteiger partial charge in [0.2, 0.25) is 0 Å². The predicted molar refractivity (Wildman–Crippen MR) is 94.6 cm³/mol. The van der Waals surface area contributed by atoms with E-state index in [0.717, 1.165) is 23.1 Å². The molecule has 3 amide bonds. The minimum Gasteiger partial charge on any atom is -0.467 e. The average molecular weight is 424 g/mol. The molecule has 30 heavy (non-hydrogen) atoms. The molecule has 0 radical (unpaired) electrons. The van der Waals surface area contributed by atoms with Gasteiger partial charge in [-0.25, -0.2) is 9.18 Å². The Balaban J connectivity index is 1.67. The highest BCUT2D eigenvalue weighted by Crippen LogP contribution is 2.36. The first-order valence-electron chi connectivity index (χ1n) is 8.93. The molecule has 4 rings (SSSR count). The van der Waals surface area contributed by atoms with E-state index >= 15 is 0 Å². The summed E-state index contributed by atoms with van der Waals surface area (Å²) in [4.78, 5) is 26.4. The maximum absolute atomic E-state index is 14.0. The number of imide groups is 1. The van der Waals surface area contributed by atoms with Crippen molar-refractivity contribution in [3.8, 4) is 5.75 Å². The van der Waals surface area contributed by atoms with Crippen LogP contribution in [0, 0.1) is 5.82 Å². The van der Waals surface area contributed by atoms with Gasteiger partial charge in [-0.15, -0.1) is 0 Å². The number of urea groups is 1. The quantitative estimate of drug-likeness (QED) is 0.603. The van der Waals surface area contributed by atoms with Gasteiger partial charge < -0.3 is 14.8 Å². The number of nitrogens with zero attached hydrogens (tertiary/aromatic N) is 1. The van der Waals surface area contributed by atoms with Crippen LogP contribution in [0.5, 0.6) is 5.75 Å². The Hall–Kier alpha value is -3.14. The van der Waals surface area contributed by atoms with Gasteiger partial charge >= 0.3 is 12.2 Å². The topological polar surface area (TPSA) is 67.9 Å². The molecule has 2 aliphatic rings. The number of nitrogens with one attached hydrogen (secondary N) is 1. The summed E-state index contributed by atoms with van der Waals surface area (Å²) in [5, 5.41) is 2.45. The molecule has 2 aromatic carbocycles. The second kappa shape index (κ2) is 6.98. The van der Waals surface area contributed by atoms with Crippen LogP contribution < -0.4 is 10.1 Å². The Kier molecular flexibility index (Phi) is 4.69. The number of benzene rings is 2. The van der Waals surface area contributed by atoms with Crippen molar-refractivity contribution in [2.24, 2.45) is 0 Å². The van der Waals surface area contributed by atoms with Crippen LogP contribution in [-0.4, -0.2) is 23.6 Å². The number of rotatable bonds is 3. The Labute approximate surface area is 168 Å². The molecule has 1 unspecified atom stereocenters. The molecule has 1 atom stereocenters. The fourth-order valence-electron chi connectivity index (χ4n) is 3.59. The first-order chi connectivity index (χ1) is 14.1. The van der Waals surface area contributed by atoms with Gasteiger partial charge in [-0.2, -0.15) is 13.2 Å². The van der Waals surface area contributed by atoms with Crippen LogP contribution in [0.15, 0.2) is 36.4 Å². The van der Waals surface area contributed by atoms with Crippen molar-refractivity contribution in [1.82, 2.24) is 10.2 Å². The van der Waals surface area contributed by atoms with Crippen LogP contribution in [0.25, 0.3) is 0 Å². The van der Waals surface area contributed by atoms with E-state index in [0.29, 0.717) is 11.3 Å². The molecule has 0 saturated carbocycles. The fourth-order valence-corrected chi connectivity index (χ4v) is 3.59. The number of hydrogen-bond donors (Lipinski definition) is 1. The maximum atomic E-state index is 14.0. The van der Waals surface area contributed by atoms with Gasteiger partial charge in [0.05, 0.1) is 18.7 Å². The molecule has 2 aliphatic heterocycles. The van der Waals surface area contributed by atoms with Crippen molar-refractivity contribution >= 4 is 11.9 Å². The molecule has 2 heterocycles. The molecule has 1 fully saturated rings. The van der Waals surface area contributed by atoms with Crippen molar-refractivity contribution in [3.05, 3.63) is 64.5 Å². The van der Waals surface area contributed by atoms with Crippen LogP contribution in [0.4, 0.5) is 22.4 Å². The molecule has 1 N–H and O–H groups in total. The first kappa shape index (κ1) is 20.1. The van der Waals surface area contributed by atoms with Gasteiger partial charge in [0, 0.05) is 11.1 Å². The SMILES string of the molecule is CC1(c2cccc(C(F)(F)F)c2)NC(=O)N(Cc2cc(F)cc3c2OCOC3)C1=O. The van der Waals surface area contributed by atoms with Crippen LogP contribution in [-0.2, 0) is 34.4 Å². The summed E-state index contributed by atoms with van der Waals surface area (Å²) in [5.41, 5.74) is -1.96. The van der Waals surface area contributed by atoms with E-state index in [4.69, 9.17) is 9.47 Å². The summed E-state index contributed by atoms with van der Waals surface area (Å²) in [6.45, 7) is 1.07. The first-order valence-corrected chi connectivity index (χ1v) is 8.93. The summed E-state index contributed by atoms with van der Waals surface area (Å²) in [7, 11) is 0. The zero-order valence-corrected chi connectivity index (χ0v) is 15.7. The summed E-state index contributed by atoms with van der Waals surface area (Å²) < 4.78 is 63.7. The van der Waals surface area contributed by atoms with Crippen LogP contribution in [0.1, 0.15) is 29.2 Å². The Bertz CT molecular complexity index is 1040. The number of ether oxygens (including phenoxy) is 2. The highest BCUT2D eigenvalue weighted by atomic mass is 19.4. The van der Waals surface area contributed by atoms with Gasteiger partial charge in [-0.3, -0.25) is 9.69 Å². The van der Waals surface area contributed by atoms with Gasteiger partial charge in [0.25, 0.3) is 5.91 Å². The molecule has 6 nitrogen and oxygen atoms in total. The zero-order valence-electron chi connectivity index (χ0n) is 15.7. The van der Waals surface area contributed by atoms with E-state index < -0.39 is 35.0 Å². The lowest BCUT2D eigenvalue weighted by atomic mass is 9.90. The van der Waals surface area contributed by atoms with Gasteiger partial charge in [0.15, 0.2) is 6.79 Å². The number of amides is 3. The van der Waals surface area contributed by atoms with Gasteiger partial charge in [-0.05, 0) is 36.8 Å². The predicted octanol–water partition coefficient (Wildman–Crippen LogP) is 3.68. The third-order valence-corrected chi connectivity index (χ3v) is 5.12.